The van der Waals surface area contributed by atoms with Crippen LogP contribution in [0, 0.1) is 0 Å². The van der Waals surface area contributed by atoms with E-state index in [-0.39, 0.29) is 0 Å². The topological polar surface area (TPSA) is 42.7 Å². The van der Waals surface area contributed by atoms with Gasteiger partial charge in [0.25, 0.3) is 0 Å². The zero-order valence-corrected chi connectivity index (χ0v) is 10.2. The maximum absolute atomic E-state index is 4.52. The minimum atomic E-state index is 0.868. The van der Waals surface area contributed by atoms with Crippen molar-refractivity contribution >= 4 is 21.7 Å². The summed E-state index contributed by atoms with van der Waals surface area (Å²) in [4.78, 5) is 8.86. The molecule has 0 bridgehead atoms. The molecular formula is C11H11BrN4. The summed E-state index contributed by atoms with van der Waals surface area (Å²) in [6.07, 6.45) is 2.91. The van der Waals surface area contributed by atoms with Crippen molar-refractivity contribution in [1.29, 1.82) is 0 Å². The summed E-state index contributed by atoms with van der Waals surface area (Å²) in [5.74, 6) is 1.99. The van der Waals surface area contributed by atoms with E-state index >= 15 is 0 Å². The number of fused-ring (bicyclic) bond motifs is 1. The van der Waals surface area contributed by atoms with Crippen molar-refractivity contribution in [2.45, 2.75) is 13.0 Å². The molecule has 0 amide bonds. The number of hydrogen-bond donors (Lipinski definition) is 1. The fourth-order valence-corrected chi connectivity index (χ4v) is 2.47. The molecule has 0 aromatic carbocycles. The van der Waals surface area contributed by atoms with Crippen LogP contribution in [0.25, 0.3) is 11.5 Å². The Morgan fingerprint density at radius 2 is 2.31 bits per heavy atom. The molecule has 4 nitrogen and oxygen atoms in total. The van der Waals surface area contributed by atoms with Crippen molar-refractivity contribution in [3.63, 3.8) is 0 Å². The van der Waals surface area contributed by atoms with Gasteiger partial charge in [0.2, 0.25) is 0 Å². The van der Waals surface area contributed by atoms with Crippen molar-refractivity contribution in [3.05, 3.63) is 29.0 Å². The number of nitrogens with one attached hydrogen (secondary N) is 1. The number of anilines is 1. The first kappa shape index (κ1) is 9.84. The van der Waals surface area contributed by atoms with Gasteiger partial charge in [0.05, 0.1) is 0 Å². The number of halogens is 1. The molecule has 0 atom stereocenters. The average Bonchev–Trinajstić information content (AvgIpc) is 2.69. The zero-order chi connectivity index (χ0) is 11.0. The quantitative estimate of drug-likeness (QED) is 0.872. The maximum Gasteiger partial charge on any atom is 0.161 e. The van der Waals surface area contributed by atoms with Crippen LogP contribution in [0.2, 0.25) is 0 Å². The highest BCUT2D eigenvalue weighted by Gasteiger charge is 2.19. The van der Waals surface area contributed by atoms with Crippen molar-refractivity contribution in [2.75, 3.05) is 11.9 Å². The molecule has 0 saturated carbocycles. The predicted molar refractivity (Wildman–Crippen MR) is 66.3 cm³/mol. The second kappa shape index (κ2) is 3.90. The van der Waals surface area contributed by atoms with Crippen molar-refractivity contribution < 1.29 is 0 Å². The van der Waals surface area contributed by atoms with Gasteiger partial charge in [-0.2, -0.15) is 0 Å². The first-order chi connectivity index (χ1) is 7.86. The van der Waals surface area contributed by atoms with Crippen LogP contribution in [0.3, 0.4) is 0 Å². The van der Waals surface area contributed by atoms with Crippen molar-refractivity contribution in [1.82, 2.24) is 14.5 Å². The SMILES string of the molecule is Brc1nc(-c2ccccn2)n2c1NCCC2. The molecule has 2 aromatic heterocycles. The molecule has 0 aliphatic carbocycles. The van der Waals surface area contributed by atoms with E-state index < -0.39 is 0 Å². The highest BCUT2D eigenvalue weighted by molar-refractivity contribution is 9.10. The minimum absolute atomic E-state index is 0.868. The lowest BCUT2D eigenvalue weighted by atomic mass is 10.3. The van der Waals surface area contributed by atoms with Gasteiger partial charge in [-0.3, -0.25) is 4.98 Å². The molecule has 1 aliphatic rings. The van der Waals surface area contributed by atoms with Gasteiger partial charge in [-0.25, -0.2) is 4.98 Å². The summed E-state index contributed by atoms with van der Waals surface area (Å²) in [7, 11) is 0. The van der Waals surface area contributed by atoms with Crippen LogP contribution in [0.4, 0.5) is 5.82 Å². The van der Waals surface area contributed by atoms with Gasteiger partial charge in [-0.1, -0.05) is 6.07 Å². The Morgan fingerprint density at radius 1 is 1.38 bits per heavy atom. The molecule has 3 rings (SSSR count). The van der Waals surface area contributed by atoms with E-state index in [0.717, 1.165) is 41.4 Å². The highest BCUT2D eigenvalue weighted by atomic mass is 79.9. The van der Waals surface area contributed by atoms with Crippen molar-refractivity contribution in [2.24, 2.45) is 0 Å². The van der Waals surface area contributed by atoms with Gasteiger partial charge < -0.3 is 9.88 Å². The van der Waals surface area contributed by atoms with Crippen LogP contribution >= 0.6 is 15.9 Å². The number of hydrogen-bond acceptors (Lipinski definition) is 3. The molecular weight excluding hydrogens is 268 g/mol. The third-order valence-corrected chi connectivity index (χ3v) is 3.22. The fourth-order valence-electron chi connectivity index (χ4n) is 1.94. The molecule has 0 fully saturated rings. The van der Waals surface area contributed by atoms with Crippen LogP contribution in [0.1, 0.15) is 6.42 Å². The number of aromatic nitrogens is 3. The number of pyridine rings is 1. The van der Waals surface area contributed by atoms with Crippen LogP contribution < -0.4 is 5.32 Å². The lowest BCUT2D eigenvalue weighted by Gasteiger charge is -2.18. The molecule has 5 heteroatoms. The molecule has 0 saturated heterocycles. The van der Waals surface area contributed by atoms with E-state index in [2.05, 4.69) is 35.8 Å². The van der Waals surface area contributed by atoms with Crippen LogP contribution in [0.5, 0.6) is 0 Å². The molecule has 0 unspecified atom stereocenters. The standard InChI is InChI=1S/C11H11BrN4/c12-9-11-14-6-3-7-16(11)10(15-9)8-4-1-2-5-13-8/h1-2,4-5,14H,3,6-7H2. The molecule has 82 valence electrons. The number of imidazole rings is 1. The molecule has 0 radical (unpaired) electrons. The summed E-state index contributed by atoms with van der Waals surface area (Å²) >= 11 is 3.48. The summed E-state index contributed by atoms with van der Waals surface area (Å²) in [6, 6.07) is 5.88. The van der Waals surface area contributed by atoms with Crippen LogP contribution in [-0.4, -0.2) is 21.1 Å². The molecule has 0 spiro atoms. The summed E-state index contributed by atoms with van der Waals surface area (Å²) in [6.45, 7) is 2.00. The molecule has 1 N–H and O–H groups in total. The Morgan fingerprint density at radius 3 is 3.12 bits per heavy atom. The van der Waals surface area contributed by atoms with E-state index in [9.17, 15) is 0 Å². The molecule has 3 heterocycles. The summed E-state index contributed by atoms with van der Waals surface area (Å²) in [5.41, 5.74) is 0.915. The average molecular weight is 279 g/mol. The maximum atomic E-state index is 4.52. The third-order valence-electron chi connectivity index (χ3n) is 2.67. The van der Waals surface area contributed by atoms with Gasteiger partial charge >= 0.3 is 0 Å². The summed E-state index contributed by atoms with van der Waals surface area (Å²) in [5, 5.41) is 3.35. The number of nitrogens with zero attached hydrogens (tertiary/aromatic N) is 3. The van der Waals surface area contributed by atoms with Gasteiger partial charge in [-0.15, -0.1) is 0 Å². The smallest absolute Gasteiger partial charge is 0.161 e. The lowest BCUT2D eigenvalue weighted by molar-refractivity contribution is 0.634. The highest BCUT2D eigenvalue weighted by Crippen LogP contribution is 2.30. The van der Waals surface area contributed by atoms with E-state index in [1.165, 1.54) is 0 Å². The normalized spacial score (nSPS) is 14.3. The second-order valence-corrected chi connectivity index (χ2v) is 4.47. The third kappa shape index (κ3) is 1.51. The molecule has 16 heavy (non-hydrogen) atoms. The van der Waals surface area contributed by atoms with Crippen LogP contribution in [0.15, 0.2) is 29.0 Å². The van der Waals surface area contributed by atoms with Crippen LogP contribution in [-0.2, 0) is 6.54 Å². The Bertz CT molecular complexity index is 506. The van der Waals surface area contributed by atoms with Gasteiger partial charge in [0, 0.05) is 19.3 Å². The Labute approximate surface area is 102 Å². The first-order valence-corrected chi connectivity index (χ1v) is 6.07. The predicted octanol–water partition coefficient (Wildman–Crippen LogP) is 2.52. The van der Waals surface area contributed by atoms with E-state index in [1.54, 1.807) is 6.20 Å². The Balaban J connectivity index is 2.15. The van der Waals surface area contributed by atoms with E-state index in [1.807, 2.05) is 18.2 Å². The summed E-state index contributed by atoms with van der Waals surface area (Å²) < 4.78 is 3.04. The minimum Gasteiger partial charge on any atom is -0.369 e. The zero-order valence-electron chi connectivity index (χ0n) is 8.65. The van der Waals surface area contributed by atoms with E-state index in [0.29, 0.717) is 0 Å². The first-order valence-electron chi connectivity index (χ1n) is 5.27. The van der Waals surface area contributed by atoms with E-state index in [4.69, 9.17) is 0 Å². The van der Waals surface area contributed by atoms with Crippen molar-refractivity contribution in [3.8, 4) is 11.5 Å². The van der Waals surface area contributed by atoms with Gasteiger partial charge in [-0.05, 0) is 34.5 Å². The lowest BCUT2D eigenvalue weighted by Crippen LogP contribution is -2.17. The molecule has 2 aromatic rings. The largest absolute Gasteiger partial charge is 0.369 e. The monoisotopic (exact) mass is 278 g/mol. The van der Waals surface area contributed by atoms with Gasteiger partial charge in [0.1, 0.15) is 16.1 Å². The Hall–Kier alpha value is -1.36. The fraction of sp³-hybridized carbons (Fsp3) is 0.273. The second-order valence-electron chi connectivity index (χ2n) is 3.72. The van der Waals surface area contributed by atoms with Gasteiger partial charge in [0.15, 0.2) is 5.82 Å². The molecule has 1 aliphatic heterocycles. The Kier molecular flexibility index (Phi) is 2.40. The number of rotatable bonds is 1.